The Morgan fingerprint density at radius 1 is 0.824 bits per heavy atom. The van der Waals surface area contributed by atoms with E-state index in [1.807, 2.05) is 56.3 Å². The van der Waals surface area contributed by atoms with Gasteiger partial charge >= 0.3 is 16.2 Å². The monoisotopic (exact) mass is 1090 g/mol. The summed E-state index contributed by atoms with van der Waals surface area (Å²) in [6.45, 7) is 15.7. The van der Waals surface area contributed by atoms with Crippen LogP contribution >= 0.6 is 12.0 Å². The largest absolute Gasteiger partial charge is 0.450 e. The Morgan fingerprint density at radius 2 is 1.46 bits per heavy atom. The first-order valence-corrected chi connectivity index (χ1v) is 29.6. The molecule has 4 N–H and O–H groups in total. The molecule has 4 aliphatic heterocycles. The quantitative estimate of drug-likeness (QED) is 0.0258. The summed E-state index contributed by atoms with van der Waals surface area (Å²) in [4.78, 5) is 15.5. The van der Waals surface area contributed by atoms with Crippen molar-refractivity contribution in [3.63, 3.8) is 0 Å². The molecule has 1 spiro atoms. The Morgan fingerprint density at radius 3 is 2.07 bits per heavy atom. The van der Waals surface area contributed by atoms with Crippen molar-refractivity contribution in [3.05, 3.63) is 119 Å². The average Bonchev–Trinajstić information content (AvgIpc) is 3.92. The lowest BCUT2D eigenvalue weighted by Crippen LogP contribution is -2.76. The van der Waals surface area contributed by atoms with Crippen LogP contribution in [0.2, 0.25) is 0 Å². The van der Waals surface area contributed by atoms with Crippen LogP contribution in [0.1, 0.15) is 85.3 Å². The lowest BCUT2D eigenvalue weighted by atomic mass is 9.80. The van der Waals surface area contributed by atoms with E-state index in [1.54, 1.807) is 36.9 Å². The number of fused-ring (bicyclic) bond motifs is 7. The zero-order valence-corrected chi connectivity index (χ0v) is 45.5. The Hall–Kier alpha value is -4.98. The fourth-order valence-electron chi connectivity index (χ4n) is 12.2. The van der Waals surface area contributed by atoms with Crippen LogP contribution in [0.15, 0.2) is 117 Å². The van der Waals surface area contributed by atoms with Gasteiger partial charge in [-0.2, -0.15) is 25.3 Å². The van der Waals surface area contributed by atoms with Crippen molar-refractivity contribution < 1.29 is 67.6 Å². The lowest BCUT2D eigenvalue weighted by Gasteiger charge is -2.56. The number of rotatable bonds is 12. The van der Waals surface area contributed by atoms with Gasteiger partial charge in [0.2, 0.25) is 10.6 Å². The van der Waals surface area contributed by atoms with Crippen molar-refractivity contribution in [2.75, 3.05) is 50.8 Å². The number of benzene rings is 4. The van der Waals surface area contributed by atoms with Crippen molar-refractivity contribution in [3.8, 4) is 0 Å². The van der Waals surface area contributed by atoms with Crippen molar-refractivity contribution in [1.82, 2.24) is 9.38 Å². The molecule has 4 aromatic rings. The maximum Gasteiger partial charge on any atom is 0.410 e. The highest BCUT2D eigenvalue weighted by atomic mass is 32.2. The Balaban J connectivity index is 1.19. The molecule has 74 heavy (non-hydrogen) atoms. The standard InChI is InChI=1S/C52H60N4O14S4/c1-8-68-49(57)54-28-26-53(27-29-54)48-34(13-21-44-50(3,4)46-40-17-15-38(71-70-69-58)31-36(40)11-19-42(46)55(44)25-23-33(2)72(59,60)61)9-10-35(48)14-22-45-51(5,6)47-41-18-16-39(73(62,63)64)32-37(41)12-20-43(47)56(45)30-24-52(56,7)74(65,66)67/h11-22,31-33H,8-10,23-30H2,1-7H3,(H2-2,58,59,60,61,62,63,64,65,66,67)/p+2/b35-14+,45-22+. The molecule has 0 bridgehead atoms. The first-order valence-electron chi connectivity index (χ1n) is 24.4. The van der Waals surface area contributed by atoms with Crippen LogP contribution in [-0.4, -0.2) is 121 Å². The van der Waals surface area contributed by atoms with E-state index in [0.29, 0.717) is 66.9 Å². The summed E-state index contributed by atoms with van der Waals surface area (Å²) in [6, 6.07) is 17.6. The zero-order valence-electron chi connectivity index (χ0n) is 42.2. The number of amides is 1. The van der Waals surface area contributed by atoms with Gasteiger partial charge in [-0.25, -0.2) is 19.1 Å². The van der Waals surface area contributed by atoms with Gasteiger partial charge in [0.1, 0.15) is 11.4 Å². The van der Waals surface area contributed by atoms with Crippen LogP contribution in [0, 0.1) is 0 Å². The van der Waals surface area contributed by atoms with Gasteiger partial charge in [-0.05, 0) is 129 Å². The Labute approximate surface area is 436 Å². The molecule has 1 saturated carbocycles. The smallest absolute Gasteiger partial charge is 0.410 e. The minimum atomic E-state index is -4.67. The first-order chi connectivity index (χ1) is 34.7. The lowest BCUT2D eigenvalue weighted by molar-refractivity contribution is -0.537. The number of nitrogens with zero attached hydrogens (tertiary/aromatic N) is 4. The fraction of sp³-hybridized carbons (Fsp3) is 0.423. The van der Waals surface area contributed by atoms with Gasteiger partial charge in [0.05, 0.1) is 60.3 Å². The van der Waals surface area contributed by atoms with E-state index in [0.717, 1.165) is 67.9 Å². The molecule has 1 amide bonds. The number of ether oxygens (including phenoxy) is 1. The molecule has 3 fully saturated rings. The Kier molecular flexibility index (Phi) is 14.0. The summed E-state index contributed by atoms with van der Waals surface area (Å²) in [5.41, 5.74) is 6.40. The highest BCUT2D eigenvalue weighted by molar-refractivity contribution is 7.94. The molecule has 4 aromatic carbocycles. The molecule has 4 heterocycles. The van der Waals surface area contributed by atoms with Crippen LogP contribution in [0.4, 0.5) is 16.2 Å². The molecule has 18 nitrogen and oxygen atoms in total. The van der Waals surface area contributed by atoms with E-state index in [4.69, 9.17) is 14.3 Å². The van der Waals surface area contributed by atoms with E-state index in [9.17, 15) is 43.7 Å². The molecule has 3 unspecified atom stereocenters. The molecule has 22 heteroatoms. The minimum absolute atomic E-state index is 0.135. The molecular formula is C52H62N4O14S4+2. The summed E-state index contributed by atoms with van der Waals surface area (Å²) in [5.74, 6) is 0. The van der Waals surface area contributed by atoms with Crippen molar-refractivity contribution in [2.24, 2.45) is 0 Å². The van der Waals surface area contributed by atoms with Gasteiger partial charge < -0.3 is 9.64 Å². The predicted molar refractivity (Wildman–Crippen MR) is 284 cm³/mol. The van der Waals surface area contributed by atoms with Crippen LogP contribution in [0.3, 0.4) is 0 Å². The van der Waals surface area contributed by atoms with Gasteiger partial charge in [-0.3, -0.25) is 18.6 Å². The van der Waals surface area contributed by atoms with E-state index < -0.39 is 51.3 Å². The molecular weight excluding hydrogens is 1030 g/mol. The van der Waals surface area contributed by atoms with Gasteiger partial charge in [-0.1, -0.05) is 43.2 Å². The van der Waals surface area contributed by atoms with Crippen LogP contribution in [0.5, 0.6) is 0 Å². The summed E-state index contributed by atoms with van der Waals surface area (Å²) >= 11 is 0.853. The molecule has 0 aromatic heterocycles. The third-order valence-electron chi connectivity index (χ3n) is 16.2. The number of hydrogen-bond donors (Lipinski definition) is 4. The summed E-state index contributed by atoms with van der Waals surface area (Å²) in [6.07, 6.45) is 9.36. The van der Waals surface area contributed by atoms with E-state index in [2.05, 4.69) is 40.5 Å². The van der Waals surface area contributed by atoms with Gasteiger partial charge in [0.25, 0.3) is 20.2 Å². The van der Waals surface area contributed by atoms with Crippen molar-refractivity contribution in [1.29, 1.82) is 0 Å². The SMILES string of the molecule is CCOC(=O)N1CC[N+](=C2/C(=C/C=C3/N(CCC(C)S(=O)(=O)O)c4ccc5cc(SOOO)ccc5c4C3(C)C)CC/C2=C\C=C2/C(C)(C)c3c(ccc4cc(S(=O)(=O)O)ccc34)[N+]23CCC3(C)S(=O)(=O)O)CC1. The first kappa shape index (κ1) is 53.8. The highest BCUT2D eigenvalue weighted by Gasteiger charge is 2.73. The number of allylic oxidation sites excluding steroid dienone is 8. The molecule has 0 radical (unpaired) electrons. The van der Waals surface area contributed by atoms with E-state index in [-0.39, 0.29) is 41.5 Å². The number of quaternary nitrogens is 1. The summed E-state index contributed by atoms with van der Waals surface area (Å²) in [7, 11) is -13.5. The minimum Gasteiger partial charge on any atom is -0.450 e. The molecule has 5 aliphatic rings. The second-order valence-electron chi connectivity index (χ2n) is 20.8. The van der Waals surface area contributed by atoms with E-state index >= 15 is 0 Å². The van der Waals surface area contributed by atoms with Crippen LogP contribution in [0.25, 0.3) is 21.5 Å². The molecule has 9 rings (SSSR count). The average molecular weight is 1100 g/mol. The summed E-state index contributed by atoms with van der Waals surface area (Å²) < 4.78 is 119. The molecule has 396 valence electrons. The Bertz CT molecular complexity index is 3520. The highest BCUT2D eigenvalue weighted by Crippen LogP contribution is 2.64. The third kappa shape index (κ3) is 8.91. The second-order valence-corrected chi connectivity index (χ2v) is 26.7. The van der Waals surface area contributed by atoms with Gasteiger partial charge in [0, 0.05) is 57.9 Å². The maximum atomic E-state index is 13.6. The second kappa shape index (κ2) is 19.2. The number of anilines is 1. The maximum absolute atomic E-state index is 13.6. The number of piperazine rings is 1. The molecule has 1 aliphatic carbocycles. The summed E-state index contributed by atoms with van der Waals surface area (Å²) in [5, 5.41) is 14.6. The zero-order chi connectivity index (χ0) is 53.6. The molecule has 2 saturated heterocycles. The van der Waals surface area contributed by atoms with E-state index in [1.165, 1.54) is 19.1 Å². The number of carbonyl (C=O) groups is 1. The molecule has 3 atom stereocenters. The number of carbonyl (C=O) groups excluding carboxylic acids is 1. The van der Waals surface area contributed by atoms with Gasteiger partial charge in [-0.15, -0.1) is 4.33 Å². The normalized spacial score (nSPS) is 25.2. The fourth-order valence-corrected chi connectivity index (χ4v) is 14.6. The predicted octanol–water partition coefficient (Wildman–Crippen LogP) is 9.08. The van der Waals surface area contributed by atoms with Crippen molar-refractivity contribution >= 4 is 87.1 Å². The number of hydrogen-bond acceptors (Lipinski definition) is 13. The third-order valence-corrected chi connectivity index (χ3v) is 20.5. The van der Waals surface area contributed by atoms with Crippen LogP contribution in [-0.2, 0) is 55.3 Å². The topological polar surface area (TPSA) is 238 Å². The van der Waals surface area contributed by atoms with Crippen LogP contribution < -0.4 is 9.38 Å². The van der Waals surface area contributed by atoms with Gasteiger partial charge in [0.15, 0.2) is 13.1 Å². The van der Waals surface area contributed by atoms with Crippen molar-refractivity contribution in [2.45, 2.75) is 105 Å².